The Labute approximate surface area is 291 Å². The molecule has 0 saturated heterocycles. The van der Waals surface area contributed by atoms with Crippen molar-refractivity contribution in [2.24, 2.45) is 0 Å². The van der Waals surface area contributed by atoms with E-state index in [9.17, 15) is 48.7 Å². The van der Waals surface area contributed by atoms with Crippen molar-refractivity contribution in [3.63, 3.8) is 0 Å². The van der Waals surface area contributed by atoms with E-state index in [0.717, 1.165) is 40.1 Å². The fraction of sp³-hybridized carbons (Fsp3) is 0.156. The van der Waals surface area contributed by atoms with Crippen molar-refractivity contribution in [3.05, 3.63) is 131 Å². The second-order valence-electron chi connectivity index (χ2n) is 10.8. The summed E-state index contributed by atoms with van der Waals surface area (Å²) >= 11 is 0. The number of nitrogens with zero attached hydrogens (tertiary/aromatic N) is 8. The summed E-state index contributed by atoms with van der Waals surface area (Å²) in [6, 6.07) is 7.39. The predicted molar refractivity (Wildman–Crippen MR) is 166 cm³/mol. The van der Waals surface area contributed by atoms with Crippen molar-refractivity contribution in [2.75, 3.05) is 10.6 Å². The number of aromatic nitrogens is 8. The van der Waals surface area contributed by atoms with Crippen molar-refractivity contribution in [2.45, 2.75) is 32.7 Å². The number of carbonyl (C=O) groups is 1. The van der Waals surface area contributed by atoms with Gasteiger partial charge in [-0.3, -0.25) is 14.8 Å². The van der Waals surface area contributed by atoms with E-state index in [-0.39, 0.29) is 29.3 Å². The molecule has 6 rings (SSSR count). The maximum atomic E-state index is 13.5. The molecule has 6 aromatic heterocycles. The number of anilines is 2. The number of hydrogen-bond donors (Lipinski definition) is 2. The van der Waals surface area contributed by atoms with Gasteiger partial charge < -0.3 is 10.6 Å². The van der Waals surface area contributed by atoms with Gasteiger partial charge in [-0.15, -0.1) is 0 Å². The van der Waals surface area contributed by atoms with Gasteiger partial charge in [0.05, 0.1) is 48.6 Å². The molecular formula is C32H22F10N10O. The minimum Gasteiger partial charge on any atom is -0.366 e. The molecule has 0 bridgehead atoms. The van der Waals surface area contributed by atoms with Gasteiger partial charge in [0, 0.05) is 23.5 Å². The second kappa shape index (κ2) is 15.1. The highest BCUT2D eigenvalue weighted by Gasteiger charge is 2.35. The maximum absolute atomic E-state index is 13.5. The summed E-state index contributed by atoms with van der Waals surface area (Å²) in [6.07, 6.45) is -3.48. The van der Waals surface area contributed by atoms with Crippen LogP contribution in [0.15, 0.2) is 73.6 Å². The van der Waals surface area contributed by atoms with Crippen LogP contribution >= 0.6 is 0 Å². The first-order chi connectivity index (χ1) is 24.9. The molecule has 21 heteroatoms. The largest absolute Gasteiger partial charge is 0.435 e. The lowest BCUT2D eigenvalue weighted by molar-refractivity contribution is -0.142. The van der Waals surface area contributed by atoms with Crippen LogP contribution in [0.2, 0.25) is 0 Å². The molecular weight excluding hydrogens is 730 g/mol. The third-order valence-corrected chi connectivity index (χ3v) is 7.06. The van der Waals surface area contributed by atoms with Crippen molar-refractivity contribution in [1.29, 1.82) is 0 Å². The lowest BCUT2D eigenvalue weighted by atomic mass is 10.2. The highest BCUT2D eigenvalue weighted by Crippen LogP contribution is 2.30. The van der Waals surface area contributed by atoms with Gasteiger partial charge in [0.15, 0.2) is 23.0 Å². The van der Waals surface area contributed by atoms with Crippen LogP contribution in [-0.4, -0.2) is 45.4 Å². The Bertz CT molecular complexity index is 2190. The van der Waals surface area contributed by atoms with E-state index < -0.39 is 58.5 Å². The molecule has 2 N–H and O–H groups in total. The van der Waals surface area contributed by atoms with Crippen LogP contribution in [0.4, 0.5) is 55.5 Å². The van der Waals surface area contributed by atoms with Gasteiger partial charge in [-0.25, -0.2) is 36.9 Å². The highest BCUT2D eigenvalue weighted by atomic mass is 19.4. The molecule has 0 aliphatic carbocycles. The Kier molecular flexibility index (Phi) is 10.7. The first kappa shape index (κ1) is 37.8. The average molecular weight is 753 g/mol. The summed E-state index contributed by atoms with van der Waals surface area (Å²) in [5.74, 6) is -4.71. The summed E-state index contributed by atoms with van der Waals surface area (Å²) < 4.78 is 133. The van der Waals surface area contributed by atoms with E-state index in [4.69, 9.17) is 0 Å². The van der Waals surface area contributed by atoms with Gasteiger partial charge >= 0.3 is 12.4 Å². The molecule has 11 nitrogen and oxygen atoms in total. The molecule has 0 atom stereocenters. The third kappa shape index (κ3) is 8.91. The Morgan fingerprint density at radius 1 is 0.642 bits per heavy atom. The molecule has 1 amide bonds. The van der Waals surface area contributed by atoms with Crippen molar-refractivity contribution in [3.8, 4) is 11.4 Å². The molecule has 0 saturated carbocycles. The fourth-order valence-electron chi connectivity index (χ4n) is 4.54. The summed E-state index contributed by atoms with van der Waals surface area (Å²) in [7, 11) is 0. The Balaban J connectivity index is 0.000000204. The van der Waals surface area contributed by atoms with E-state index in [1.54, 1.807) is 0 Å². The number of carbonyl (C=O) groups excluding carboxylic acids is 1. The third-order valence-electron chi connectivity index (χ3n) is 7.06. The molecule has 0 unspecified atom stereocenters. The molecule has 276 valence electrons. The zero-order chi connectivity index (χ0) is 38.7. The number of hydrogen-bond acceptors (Lipinski definition) is 8. The maximum Gasteiger partial charge on any atom is 0.435 e. The van der Waals surface area contributed by atoms with Gasteiger partial charge in [0.1, 0.15) is 28.8 Å². The fourth-order valence-corrected chi connectivity index (χ4v) is 4.54. The number of pyridine rings is 4. The number of nitrogens with one attached hydrogen (secondary N) is 2. The zero-order valence-electron chi connectivity index (χ0n) is 26.9. The van der Waals surface area contributed by atoms with Crippen LogP contribution in [0.1, 0.15) is 38.7 Å². The molecule has 0 radical (unpaired) electrons. The van der Waals surface area contributed by atoms with E-state index in [1.165, 1.54) is 44.3 Å². The van der Waals surface area contributed by atoms with E-state index in [1.807, 2.05) is 0 Å². The normalized spacial score (nSPS) is 11.5. The van der Waals surface area contributed by atoms with Gasteiger partial charge in [0.2, 0.25) is 0 Å². The van der Waals surface area contributed by atoms with Crippen LogP contribution in [-0.2, 0) is 18.9 Å². The van der Waals surface area contributed by atoms with Crippen LogP contribution in [0.5, 0.6) is 0 Å². The number of rotatable bonds is 7. The summed E-state index contributed by atoms with van der Waals surface area (Å²) in [6.45, 7) is 2.77. The second-order valence-corrected chi connectivity index (χ2v) is 10.8. The lowest BCUT2D eigenvalue weighted by Crippen LogP contribution is -2.17. The van der Waals surface area contributed by atoms with Crippen LogP contribution in [0.25, 0.3) is 11.4 Å². The monoisotopic (exact) mass is 752 g/mol. The summed E-state index contributed by atoms with van der Waals surface area (Å²) in [5, 5.41) is 11.9. The van der Waals surface area contributed by atoms with E-state index >= 15 is 0 Å². The first-order valence-electron chi connectivity index (χ1n) is 14.7. The summed E-state index contributed by atoms with van der Waals surface area (Å²) in [4.78, 5) is 26.5. The Morgan fingerprint density at radius 3 is 1.47 bits per heavy atom. The summed E-state index contributed by atoms with van der Waals surface area (Å²) in [5.41, 5.74) is -2.02. The van der Waals surface area contributed by atoms with Crippen molar-refractivity contribution >= 4 is 17.5 Å². The topological polar surface area (TPSA) is 128 Å². The van der Waals surface area contributed by atoms with E-state index in [2.05, 4.69) is 40.8 Å². The average Bonchev–Trinajstić information content (AvgIpc) is 3.68. The quantitative estimate of drug-likeness (QED) is 0.162. The predicted octanol–water partition coefficient (Wildman–Crippen LogP) is 7.40. The van der Waals surface area contributed by atoms with Crippen molar-refractivity contribution in [1.82, 2.24) is 39.5 Å². The van der Waals surface area contributed by atoms with Gasteiger partial charge in [0.25, 0.3) is 5.91 Å². The van der Waals surface area contributed by atoms with Crippen LogP contribution in [0.3, 0.4) is 0 Å². The molecule has 0 aliphatic heterocycles. The van der Waals surface area contributed by atoms with E-state index in [0.29, 0.717) is 29.6 Å². The Morgan fingerprint density at radius 2 is 1.08 bits per heavy atom. The first-order valence-corrected chi connectivity index (χ1v) is 14.7. The molecule has 0 aliphatic rings. The molecule has 6 aromatic rings. The number of aryl methyl sites for hydroxylation is 2. The van der Waals surface area contributed by atoms with Gasteiger partial charge in [-0.1, -0.05) is 0 Å². The van der Waals surface area contributed by atoms with Gasteiger partial charge in [-0.05, 0) is 50.2 Å². The zero-order valence-corrected chi connectivity index (χ0v) is 26.9. The number of halogens is 10. The minimum absolute atomic E-state index is 0.0554. The molecule has 0 fully saturated rings. The minimum atomic E-state index is -4.59. The standard InChI is InChI=1S/C16H10F5N5O.C16H12F5N5/c1-8-4-12(16(19,20)21)25-26(8)9-2-3-13(23-5-9)24-15(27)14-10(17)6-22-7-11(14)18;1-9-4-14(16(19,20)21)25-26(9)10-2-3-15(23-5-10)24-6-11-12(17)7-22-8-13(11)18/h2-7H,1H3,(H,23,24,27);2-5,7-8H,6H2,1H3,(H,23,24). The number of amides is 1. The molecule has 0 aromatic carbocycles. The van der Waals surface area contributed by atoms with Crippen molar-refractivity contribution < 1.29 is 48.7 Å². The molecule has 6 heterocycles. The SMILES string of the molecule is Cc1cc(C(F)(F)F)nn1-c1ccc(NC(=O)c2c(F)cncc2F)nc1.Cc1cc(C(F)(F)F)nn1-c1ccc(NCc2c(F)cncc2F)nc1. The Hall–Kier alpha value is -6.41. The van der Waals surface area contributed by atoms with Crippen LogP contribution < -0.4 is 10.6 Å². The smallest absolute Gasteiger partial charge is 0.366 e. The highest BCUT2D eigenvalue weighted by molar-refractivity contribution is 6.04. The lowest BCUT2D eigenvalue weighted by Gasteiger charge is -2.09. The number of alkyl halides is 6. The van der Waals surface area contributed by atoms with Crippen LogP contribution in [0, 0.1) is 37.1 Å². The molecule has 0 spiro atoms. The molecule has 53 heavy (non-hydrogen) atoms. The van der Waals surface area contributed by atoms with Gasteiger partial charge in [-0.2, -0.15) is 36.5 Å².